The molecule has 1 aromatic rings. The van der Waals surface area contributed by atoms with Crippen LogP contribution in [0.5, 0.6) is 5.75 Å². The van der Waals surface area contributed by atoms with Gasteiger partial charge in [0.05, 0.1) is 31.7 Å². The number of benzene rings is 1. The van der Waals surface area contributed by atoms with Gasteiger partial charge in [0, 0.05) is 6.54 Å². The van der Waals surface area contributed by atoms with E-state index < -0.39 is 5.97 Å². The van der Waals surface area contributed by atoms with Crippen molar-refractivity contribution >= 4 is 17.8 Å². The van der Waals surface area contributed by atoms with Crippen molar-refractivity contribution in [1.29, 1.82) is 0 Å². The summed E-state index contributed by atoms with van der Waals surface area (Å²) in [4.78, 5) is 28.1. The van der Waals surface area contributed by atoms with E-state index in [0.29, 0.717) is 30.1 Å². The number of carbonyl (C=O) groups is 2. The average molecular weight is 334 g/mol. The van der Waals surface area contributed by atoms with Gasteiger partial charge in [0.1, 0.15) is 18.2 Å². The maximum Gasteiger partial charge on any atom is 0.338 e. The van der Waals surface area contributed by atoms with Crippen LogP contribution in [0.3, 0.4) is 0 Å². The van der Waals surface area contributed by atoms with Crippen LogP contribution >= 0.6 is 0 Å². The Morgan fingerprint density at radius 2 is 2.00 bits per heavy atom. The molecule has 7 heteroatoms. The maximum absolute atomic E-state index is 12.2. The summed E-state index contributed by atoms with van der Waals surface area (Å²) in [6, 6.07) is 4.98. The topological polar surface area (TPSA) is 86.2 Å². The Bertz CT molecular complexity index is 627. The number of ether oxygens (including phenoxy) is 3. The Hall–Kier alpha value is -2.57. The highest BCUT2D eigenvalue weighted by molar-refractivity contribution is 5.93. The van der Waals surface area contributed by atoms with Crippen LogP contribution in [0.2, 0.25) is 0 Å². The van der Waals surface area contributed by atoms with Crippen molar-refractivity contribution in [3.8, 4) is 5.75 Å². The molecule has 0 aromatic heterocycles. The third-order valence-electron chi connectivity index (χ3n) is 3.34. The summed E-state index contributed by atoms with van der Waals surface area (Å²) in [5.41, 5.74) is 0.860. The molecule has 7 nitrogen and oxygen atoms in total. The van der Waals surface area contributed by atoms with Crippen molar-refractivity contribution in [3.05, 3.63) is 29.3 Å². The minimum absolute atomic E-state index is 0.0104. The summed E-state index contributed by atoms with van der Waals surface area (Å²) in [6.45, 7) is 5.87. The van der Waals surface area contributed by atoms with Crippen LogP contribution in [0.15, 0.2) is 23.2 Å². The minimum Gasteiger partial charge on any atom is -0.486 e. The van der Waals surface area contributed by atoms with Crippen LogP contribution in [-0.2, 0) is 20.7 Å². The van der Waals surface area contributed by atoms with Crippen molar-refractivity contribution in [2.75, 3.05) is 32.9 Å². The number of amidine groups is 1. The molecule has 1 heterocycles. The van der Waals surface area contributed by atoms with Crippen LogP contribution in [0, 0.1) is 0 Å². The van der Waals surface area contributed by atoms with Gasteiger partial charge in [0.2, 0.25) is 0 Å². The number of nitrogens with one attached hydrogen (secondary N) is 1. The predicted molar refractivity (Wildman–Crippen MR) is 88.5 cm³/mol. The zero-order chi connectivity index (χ0) is 17.4. The first-order chi connectivity index (χ1) is 11.6. The van der Waals surface area contributed by atoms with Crippen molar-refractivity contribution in [1.82, 2.24) is 5.32 Å². The van der Waals surface area contributed by atoms with Gasteiger partial charge in [0.15, 0.2) is 0 Å². The SMILES string of the molecule is CCOC(=O)Cc1ccc(OCC2=NCCN2)cc1C(=O)OCC. The fourth-order valence-electron chi connectivity index (χ4n) is 2.26. The largest absolute Gasteiger partial charge is 0.486 e. The third kappa shape index (κ3) is 4.97. The van der Waals surface area contributed by atoms with E-state index in [4.69, 9.17) is 14.2 Å². The second kappa shape index (κ2) is 8.90. The lowest BCUT2D eigenvalue weighted by atomic mass is 10.0. The molecule has 1 aliphatic heterocycles. The van der Waals surface area contributed by atoms with Gasteiger partial charge in [-0.05, 0) is 31.5 Å². The van der Waals surface area contributed by atoms with Gasteiger partial charge in [-0.3, -0.25) is 9.79 Å². The number of nitrogens with zero attached hydrogens (tertiary/aromatic N) is 1. The molecule has 1 aliphatic rings. The molecule has 0 spiro atoms. The standard InChI is InChI=1S/C17H22N2O5/c1-3-22-16(20)9-12-5-6-13(10-14(12)17(21)23-4-2)24-11-15-18-7-8-19-15/h5-6,10H,3-4,7-9,11H2,1-2H3,(H,18,19). The van der Waals surface area contributed by atoms with Crippen LogP contribution in [0.1, 0.15) is 29.8 Å². The molecule has 1 aromatic carbocycles. The first kappa shape index (κ1) is 17.8. The monoisotopic (exact) mass is 334 g/mol. The summed E-state index contributed by atoms with van der Waals surface area (Å²) >= 11 is 0. The summed E-state index contributed by atoms with van der Waals surface area (Å²) < 4.78 is 15.6. The number of carbonyl (C=O) groups excluding carboxylic acids is 2. The van der Waals surface area contributed by atoms with Gasteiger partial charge in [-0.2, -0.15) is 0 Å². The highest BCUT2D eigenvalue weighted by Gasteiger charge is 2.17. The van der Waals surface area contributed by atoms with Crippen molar-refractivity contribution in [3.63, 3.8) is 0 Å². The molecule has 0 saturated heterocycles. The molecule has 1 N–H and O–H groups in total. The Morgan fingerprint density at radius 3 is 2.67 bits per heavy atom. The highest BCUT2D eigenvalue weighted by atomic mass is 16.5. The molecule has 0 atom stereocenters. The average Bonchev–Trinajstić information content (AvgIpc) is 3.07. The van der Waals surface area contributed by atoms with Gasteiger partial charge in [-0.25, -0.2) is 4.79 Å². The fraction of sp³-hybridized carbons (Fsp3) is 0.471. The summed E-state index contributed by atoms with van der Waals surface area (Å²) in [5, 5.41) is 3.11. The zero-order valence-corrected chi connectivity index (χ0v) is 14.0. The van der Waals surface area contributed by atoms with Crippen LogP contribution in [0.4, 0.5) is 0 Å². The minimum atomic E-state index is -0.487. The molecule has 0 bridgehead atoms. The Labute approximate surface area is 141 Å². The van der Waals surface area contributed by atoms with E-state index >= 15 is 0 Å². The van der Waals surface area contributed by atoms with Crippen LogP contribution < -0.4 is 10.1 Å². The molecule has 0 aliphatic carbocycles. The van der Waals surface area contributed by atoms with Gasteiger partial charge in [0.25, 0.3) is 0 Å². The Morgan fingerprint density at radius 1 is 1.21 bits per heavy atom. The second-order valence-corrected chi connectivity index (χ2v) is 5.07. The number of esters is 2. The molecule has 0 saturated carbocycles. The summed E-state index contributed by atoms with van der Waals surface area (Å²) in [6.07, 6.45) is 0.0104. The molecule has 2 rings (SSSR count). The van der Waals surface area contributed by atoms with Crippen molar-refractivity contribution in [2.45, 2.75) is 20.3 Å². The van der Waals surface area contributed by atoms with Crippen LogP contribution in [0.25, 0.3) is 0 Å². The Kier molecular flexibility index (Phi) is 6.60. The van der Waals surface area contributed by atoms with E-state index in [1.807, 2.05) is 0 Å². The molecule has 24 heavy (non-hydrogen) atoms. The number of hydrogen-bond donors (Lipinski definition) is 1. The van der Waals surface area contributed by atoms with E-state index in [1.165, 1.54) is 0 Å². The van der Waals surface area contributed by atoms with E-state index in [1.54, 1.807) is 32.0 Å². The lowest BCUT2D eigenvalue weighted by molar-refractivity contribution is -0.142. The highest BCUT2D eigenvalue weighted by Crippen LogP contribution is 2.20. The lowest BCUT2D eigenvalue weighted by Crippen LogP contribution is -2.25. The smallest absolute Gasteiger partial charge is 0.338 e. The van der Waals surface area contributed by atoms with Gasteiger partial charge < -0.3 is 19.5 Å². The lowest BCUT2D eigenvalue weighted by Gasteiger charge is -2.12. The van der Waals surface area contributed by atoms with E-state index in [0.717, 1.165) is 18.9 Å². The quantitative estimate of drug-likeness (QED) is 0.722. The second-order valence-electron chi connectivity index (χ2n) is 5.07. The number of hydrogen-bond acceptors (Lipinski definition) is 7. The molecule has 0 amide bonds. The van der Waals surface area contributed by atoms with E-state index in [9.17, 15) is 9.59 Å². The zero-order valence-electron chi connectivity index (χ0n) is 14.0. The van der Waals surface area contributed by atoms with Crippen LogP contribution in [-0.4, -0.2) is 50.7 Å². The first-order valence-corrected chi connectivity index (χ1v) is 7.99. The molecular formula is C17H22N2O5. The maximum atomic E-state index is 12.2. The molecule has 130 valence electrons. The van der Waals surface area contributed by atoms with E-state index in [-0.39, 0.29) is 19.0 Å². The molecule has 0 radical (unpaired) electrons. The third-order valence-corrected chi connectivity index (χ3v) is 3.34. The molecular weight excluding hydrogens is 312 g/mol. The van der Waals surface area contributed by atoms with Gasteiger partial charge in [-0.15, -0.1) is 0 Å². The normalized spacial score (nSPS) is 13.0. The van der Waals surface area contributed by atoms with Gasteiger partial charge in [-0.1, -0.05) is 6.07 Å². The Balaban J connectivity index is 2.14. The molecule has 0 unspecified atom stereocenters. The number of aliphatic imine (C=N–C) groups is 1. The summed E-state index contributed by atoms with van der Waals surface area (Å²) in [7, 11) is 0. The van der Waals surface area contributed by atoms with Crippen molar-refractivity contribution < 1.29 is 23.8 Å². The van der Waals surface area contributed by atoms with Crippen molar-refractivity contribution in [2.24, 2.45) is 4.99 Å². The van der Waals surface area contributed by atoms with Gasteiger partial charge >= 0.3 is 11.9 Å². The summed E-state index contributed by atoms with van der Waals surface area (Å²) in [5.74, 6) is 0.421. The molecule has 0 fully saturated rings. The predicted octanol–water partition coefficient (Wildman–Crippen LogP) is 1.35. The fourth-order valence-corrected chi connectivity index (χ4v) is 2.26. The number of rotatable bonds is 8. The van der Waals surface area contributed by atoms with E-state index in [2.05, 4.69) is 10.3 Å². The first-order valence-electron chi connectivity index (χ1n) is 7.99.